The van der Waals surface area contributed by atoms with Gasteiger partial charge in [0.05, 0.1) is 0 Å². The fraction of sp³-hybridized carbons (Fsp3) is 0.579. The van der Waals surface area contributed by atoms with E-state index in [1.165, 1.54) is 0 Å². The van der Waals surface area contributed by atoms with Crippen molar-refractivity contribution in [1.82, 2.24) is 10.6 Å². The van der Waals surface area contributed by atoms with Gasteiger partial charge in [-0.05, 0) is 58.1 Å². The van der Waals surface area contributed by atoms with Gasteiger partial charge >= 0.3 is 6.09 Å². The number of alkyl carbamates (subject to hydrolysis) is 1. The smallest absolute Gasteiger partial charge is 0.408 e. The molecule has 1 aromatic carbocycles. The Kier molecular flexibility index (Phi) is 8.83. The van der Waals surface area contributed by atoms with Gasteiger partial charge in [0, 0.05) is 6.04 Å². The van der Waals surface area contributed by atoms with Gasteiger partial charge in [-0.25, -0.2) is 4.79 Å². The first kappa shape index (κ1) is 21.4. The Morgan fingerprint density at radius 1 is 1.16 bits per heavy atom. The number of nitrogens with one attached hydrogen (secondary N) is 2. The minimum atomic E-state index is -0.597. The second-order valence-corrected chi connectivity index (χ2v) is 8.07. The number of hydrogen-bond acceptors (Lipinski definition) is 4. The normalized spacial score (nSPS) is 13.6. The van der Waals surface area contributed by atoms with Gasteiger partial charge in [-0.15, -0.1) is 0 Å². The van der Waals surface area contributed by atoms with Crippen molar-refractivity contribution in [2.24, 2.45) is 0 Å². The Labute approximate surface area is 155 Å². The number of rotatable bonds is 8. The molecule has 1 aromatic rings. The molecule has 0 aliphatic heterocycles. The van der Waals surface area contributed by atoms with Crippen molar-refractivity contribution in [1.29, 1.82) is 0 Å². The van der Waals surface area contributed by atoms with Crippen LogP contribution in [-0.4, -0.2) is 41.7 Å². The molecule has 0 aromatic heterocycles. The maximum Gasteiger partial charge on any atom is 0.408 e. The molecule has 140 valence electrons. The molecule has 0 fully saturated rings. The van der Waals surface area contributed by atoms with E-state index in [9.17, 15) is 9.59 Å². The topological polar surface area (TPSA) is 67.4 Å². The highest BCUT2D eigenvalue weighted by Gasteiger charge is 2.24. The van der Waals surface area contributed by atoms with Gasteiger partial charge in [-0.1, -0.05) is 30.3 Å². The zero-order chi connectivity index (χ0) is 18.9. The summed E-state index contributed by atoms with van der Waals surface area (Å²) < 4.78 is 5.26. The van der Waals surface area contributed by atoms with Crippen LogP contribution in [-0.2, 0) is 16.0 Å². The predicted octanol–water partition coefficient (Wildman–Crippen LogP) is 3.38. The minimum Gasteiger partial charge on any atom is -0.444 e. The number of carbonyl (C=O) groups is 2. The summed E-state index contributed by atoms with van der Waals surface area (Å²) in [4.78, 5) is 24.6. The third kappa shape index (κ3) is 9.39. The van der Waals surface area contributed by atoms with Crippen LogP contribution in [0.5, 0.6) is 0 Å². The van der Waals surface area contributed by atoms with Crippen molar-refractivity contribution in [3.63, 3.8) is 0 Å². The Hall–Kier alpha value is -1.69. The molecule has 0 spiro atoms. The summed E-state index contributed by atoms with van der Waals surface area (Å²) in [6.07, 6.45) is 2.71. The van der Waals surface area contributed by atoms with Crippen molar-refractivity contribution in [3.8, 4) is 0 Å². The van der Waals surface area contributed by atoms with Crippen LogP contribution in [0, 0.1) is 0 Å². The molecule has 0 saturated carbocycles. The molecule has 6 heteroatoms. The van der Waals surface area contributed by atoms with Crippen LogP contribution in [0.1, 0.15) is 39.7 Å². The third-order valence-electron chi connectivity index (χ3n) is 3.39. The minimum absolute atomic E-state index is 0.0212. The fourth-order valence-corrected chi connectivity index (χ4v) is 2.79. The highest BCUT2D eigenvalue weighted by Crippen LogP contribution is 2.09. The van der Waals surface area contributed by atoms with E-state index in [0.717, 1.165) is 17.7 Å². The Morgan fingerprint density at radius 3 is 2.36 bits per heavy atom. The van der Waals surface area contributed by atoms with Crippen LogP contribution in [0.15, 0.2) is 30.3 Å². The lowest BCUT2D eigenvalue weighted by atomic mass is 10.1. The van der Waals surface area contributed by atoms with E-state index in [-0.39, 0.29) is 11.9 Å². The van der Waals surface area contributed by atoms with E-state index in [0.29, 0.717) is 6.42 Å². The van der Waals surface area contributed by atoms with E-state index >= 15 is 0 Å². The molecule has 0 aliphatic rings. The monoisotopic (exact) mass is 366 g/mol. The van der Waals surface area contributed by atoms with Crippen LogP contribution in [0.2, 0.25) is 0 Å². The lowest BCUT2D eigenvalue weighted by molar-refractivity contribution is -0.123. The number of amides is 2. The van der Waals surface area contributed by atoms with E-state index in [1.807, 2.05) is 43.5 Å². The third-order valence-corrected chi connectivity index (χ3v) is 4.04. The molecular weight excluding hydrogens is 336 g/mol. The van der Waals surface area contributed by atoms with E-state index < -0.39 is 17.7 Å². The molecule has 1 rings (SSSR count). The molecule has 2 N–H and O–H groups in total. The van der Waals surface area contributed by atoms with Crippen molar-refractivity contribution in [2.45, 2.75) is 58.2 Å². The first-order chi connectivity index (χ1) is 11.7. The van der Waals surface area contributed by atoms with Gasteiger partial charge < -0.3 is 15.4 Å². The first-order valence-corrected chi connectivity index (χ1v) is 9.93. The van der Waals surface area contributed by atoms with Gasteiger partial charge in [0.2, 0.25) is 5.91 Å². The van der Waals surface area contributed by atoms with Crippen molar-refractivity contribution < 1.29 is 14.3 Å². The number of thioether (sulfide) groups is 1. The highest BCUT2D eigenvalue weighted by atomic mass is 32.2. The summed E-state index contributed by atoms with van der Waals surface area (Å²) in [7, 11) is 0. The van der Waals surface area contributed by atoms with Crippen molar-refractivity contribution in [2.75, 3.05) is 12.0 Å². The van der Waals surface area contributed by atoms with Crippen molar-refractivity contribution in [3.05, 3.63) is 35.9 Å². The summed E-state index contributed by atoms with van der Waals surface area (Å²) in [6, 6.07) is 9.38. The fourth-order valence-electron chi connectivity index (χ4n) is 2.32. The lowest BCUT2D eigenvalue weighted by Crippen LogP contribution is -2.50. The molecule has 2 atom stereocenters. The number of ether oxygens (including phenoxy) is 1. The maximum absolute atomic E-state index is 12.6. The van der Waals surface area contributed by atoms with Gasteiger partial charge in [0.1, 0.15) is 11.6 Å². The molecule has 0 saturated heterocycles. The maximum atomic E-state index is 12.6. The van der Waals surface area contributed by atoms with E-state index in [2.05, 4.69) is 10.6 Å². The molecule has 5 nitrogen and oxygen atoms in total. The van der Waals surface area contributed by atoms with Crippen LogP contribution in [0.25, 0.3) is 0 Å². The lowest BCUT2D eigenvalue weighted by Gasteiger charge is -2.24. The number of carbonyl (C=O) groups excluding carboxylic acids is 2. The van der Waals surface area contributed by atoms with Crippen LogP contribution in [0.3, 0.4) is 0 Å². The summed E-state index contributed by atoms with van der Waals surface area (Å²) in [6.45, 7) is 7.35. The summed E-state index contributed by atoms with van der Waals surface area (Å²) in [5.41, 5.74) is 0.571. The summed E-state index contributed by atoms with van der Waals surface area (Å²) in [5.74, 6) is 0.601. The second-order valence-electron chi connectivity index (χ2n) is 7.08. The van der Waals surface area contributed by atoms with Gasteiger partial charge in [-0.3, -0.25) is 4.79 Å². The first-order valence-electron chi connectivity index (χ1n) is 8.54. The molecule has 2 unspecified atom stereocenters. The average molecular weight is 367 g/mol. The van der Waals surface area contributed by atoms with Gasteiger partial charge in [-0.2, -0.15) is 11.8 Å². The molecule has 2 amide bonds. The molecule has 0 radical (unpaired) electrons. The van der Waals surface area contributed by atoms with Crippen molar-refractivity contribution >= 4 is 23.8 Å². The largest absolute Gasteiger partial charge is 0.444 e. The summed E-state index contributed by atoms with van der Waals surface area (Å²) in [5, 5.41) is 5.68. The van der Waals surface area contributed by atoms with E-state index in [4.69, 9.17) is 4.74 Å². The predicted molar refractivity (Wildman–Crippen MR) is 104 cm³/mol. The standard InChI is InChI=1S/C19H30N2O3S/c1-14(13-15-9-7-6-8-10-15)20-17(22)16(11-12-25-5)21-18(23)24-19(2,3)4/h6-10,14,16H,11-13H2,1-5H3,(H,20,22)(H,21,23). The summed E-state index contributed by atoms with van der Waals surface area (Å²) >= 11 is 1.64. The molecule has 0 aliphatic carbocycles. The Balaban J connectivity index is 2.61. The van der Waals surface area contributed by atoms with Gasteiger partial charge in [0.25, 0.3) is 0 Å². The number of hydrogen-bond donors (Lipinski definition) is 2. The Morgan fingerprint density at radius 2 is 1.80 bits per heavy atom. The molecule has 0 heterocycles. The Bertz CT molecular complexity index is 543. The van der Waals surface area contributed by atoms with Crippen LogP contribution >= 0.6 is 11.8 Å². The van der Waals surface area contributed by atoms with Crippen LogP contribution < -0.4 is 10.6 Å². The van der Waals surface area contributed by atoms with Crippen LogP contribution in [0.4, 0.5) is 4.79 Å². The molecule has 0 bridgehead atoms. The number of benzene rings is 1. The zero-order valence-electron chi connectivity index (χ0n) is 15.8. The molecular formula is C19H30N2O3S. The van der Waals surface area contributed by atoms with E-state index in [1.54, 1.807) is 32.5 Å². The SMILES string of the molecule is CSCCC(NC(=O)OC(C)(C)C)C(=O)NC(C)Cc1ccccc1. The zero-order valence-corrected chi connectivity index (χ0v) is 16.6. The average Bonchev–Trinajstić information content (AvgIpc) is 2.50. The molecule has 25 heavy (non-hydrogen) atoms. The highest BCUT2D eigenvalue weighted by molar-refractivity contribution is 7.98. The second kappa shape index (κ2) is 10.3. The quantitative estimate of drug-likeness (QED) is 0.740. The van der Waals surface area contributed by atoms with Gasteiger partial charge in [0.15, 0.2) is 0 Å².